The average Bonchev–Trinajstić information content (AvgIpc) is 2.81. The van der Waals surface area contributed by atoms with E-state index in [1.165, 1.54) is 16.7 Å². The Balaban J connectivity index is 1.72. The molecule has 2 aromatic carbocycles. The van der Waals surface area contributed by atoms with Gasteiger partial charge in [0.15, 0.2) is 0 Å². The molecule has 2 aromatic rings. The molecule has 3 rings (SSSR count). The predicted molar refractivity (Wildman–Crippen MR) is 81.1 cm³/mol. The van der Waals surface area contributed by atoms with Crippen LogP contribution >= 0.6 is 0 Å². The highest BCUT2D eigenvalue weighted by Gasteiger charge is 2.27. The normalized spacial score (nSPS) is 18.6. The molecule has 2 heteroatoms. The fourth-order valence-corrected chi connectivity index (χ4v) is 2.71. The van der Waals surface area contributed by atoms with Gasteiger partial charge in [0, 0.05) is 19.0 Å². The minimum absolute atomic E-state index is 0.193. The standard InChI is InChI=1S/C18H19NO/c1-14-11-12-19(18(14)20)13-15-7-9-17(10-8-15)16-5-3-2-4-6-16/h2-10,14H,11-13H2,1H3. The molecule has 1 fully saturated rings. The van der Waals surface area contributed by atoms with Crippen LogP contribution in [-0.2, 0) is 11.3 Å². The van der Waals surface area contributed by atoms with Crippen LogP contribution in [-0.4, -0.2) is 17.4 Å². The van der Waals surface area contributed by atoms with Gasteiger partial charge in [0.2, 0.25) is 5.91 Å². The summed E-state index contributed by atoms with van der Waals surface area (Å²) in [6.07, 6.45) is 0.987. The smallest absolute Gasteiger partial charge is 0.225 e. The number of rotatable bonds is 3. The Bertz CT molecular complexity index is 589. The summed E-state index contributed by atoms with van der Waals surface area (Å²) < 4.78 is 0. The summed E-state index contributed by atoms with van der Waals surface area (Å²) in [5.74, 6) is 0.482. The van der Waals surface area contributed by atoms with Crippen LogP contribution < -0.4 is 0 Å². The summed E-state index contributed by atoms with van der Waals surface area (Å²) in [7, 11) is 0. The first kappa shape index (κ1) is 12.9. The molecule has 2 nitrogen and oxygen atoms in total. The van der Waals surface area contributed by atoms with E-state index in [4.69, 9.17) is 0 Å². The molecule has 1 amide bonds. The summed E-state index contributed by atoms with van der Waals surface area (Å²) in [5.41, 5.74) is 3.65. The van der Waals surface area contributed by atoms with E-state index in [1.54, 1.807) is 0 Å². The van der Waals surface area contributed by atoms with E-state index in [0.29, 0.717) is 0 Å². The zero-order valence-corrected chi connectivity index (χ0v) is 11.8. The number of hydrogen-bond donors (Lipinski definition) is 0. The highest BCUT2D eigenvalue weighted by molar-refractivity contribution is 5.80. The van der Waals surface area contributed by atoms with Crippen LogP contribution in [0.3, 0.4) is 0 Å². The van der Waals surface area contributed by atoms with Gasteiger partial charge in [-0.3, -0.25) is 4.79 Å². The zero-order valence-electron chi connectivity index (χ0n) is 11.8. The number of likely N-dealkylation sites (tertiary alicyclic amines) is 1. The van der Waals surface area contributed by atoms with Crippen LogP contribution in [0.25, 0.3) is 11.1 Å². The lowest BCUT2D eigenvalue weighted by Crippen LogP contribution is -2.26. The second-order valence-electron chi connectivity index (χ2n) is 5.51. The maximum atomic E-state index is 11.9. The van der Waals surface area contributed by atoms with Gasteiger partial charge in [0.1, 0.15) is 0 Å². The summed E-state index contributed by atoms with van der Waals surface area (Å²) in [6.45, 7) is 3.64. The van der Waals surface area contributed by atoms with Crippen molar-refractivity contribution in [1.82, 2.24) is 4.90 Å². The third-order valence-electron chi connectivity index (χ3n) is 4.00. The number of hydrogen-bond acceptors (Lipinski definition) is 1. The van der Waals surface area contributed by atoms with Gasteiger partial charge in [-0.05, 0) is 23.1 Å². The molecule has 0 saturated carbocycles. The van der Waals surface area contributed by atoms with Crippen molar-refractivity contribution in [3.05, 3.63) is 60.2 Å². The molecule has 1 aliphatic rings. The van der Waals surface area contributed by atoms with Crippen LogP contribution in [0.5, 0.6) is 0 Å². The molecule has 0 aliphatic carbocycles. The van der Waals surface area contributed by atoms with Crippen molar-refractivity contribution in [2.75, 3.05) is 6.54 Å². The molecule has 0 aromatic heterocycles. The number of nitrogens with zero attached hydrogens (tertiary/aromatic N) is 1. The van der Waals surface area contributed by atoms with Crippen molar-refractivity contribution < 1.29 is 4.79 Å². The Hall–Kier alpha value is -2.09. The lowest BCUT2D eigenvalue weighted by Gasteiger charge is -2.16. The fraction of sp³-hybridized carbons (Fsp3) is 0.278. The summed E-state index contributed by atoms with van der Waals surface area (Å²) in [5, 5.41) is 0. The molecule has 1 unspecified atom stereocenters. The summed E-state index contributed by atoms with van der Waals surface area (Å²) in [4.78, 5) is 13.9. The van der Waals surface area contributed by atoms with Crippen LogP contribution in [0.2, 0.25) is 0 Å². The topological polar surface area (TPSA) is 20.3 Å². The maximum Gasteiger partial charge on any atom is 0.225 e. The third kappa shape index (κ3) is 2.60. The number of carbonyl (C=O) groups excluding carboxylic acids is 1. The quantitative estimate of drug-likeness (QED) is 0.828. The minimum Gasteiger partial charge on any atom is -0.338 e. The van der Waals surface area contributed by atoms with Crippen LogP contribution in [0.4, 0.5) is 0 Å². The number of benzene rings is 2. The second kappa shape index (κ2) is 5.49. The largest absolute Gasteiger partial charge is 0.338 e. The van der Waals surface area contributed by atoms with Gasteiger partial charge in [-0.1, -0.05) is 61.5 Å². The van der Waals surface area contributed by atoms with E-state index >= 15 is 0 Å². The maximum absolute atomic E-state index is 11.9. The van der Waals surface area contributed by atoms with E-state index < -0.39 is 0 Å². The van der Waals surface area contributed by atoms with Gasteiger partial charge in [-0.2, -0.15) is 0 Å². The zero-order chi connectivity index (χ0) is 13.9. The molecule has 20 heavy (non-hydrogen) atoms. The first-order chi connectivity index (χ1) is 9.74. The Labute approximate surface area is 120 Å². The summed E-state index contributed by atoms with van der Waals surface area (Å²) >= 11 is 0. The number of amides is 1. The Morgan fingerprint density at radius 3 is 2.25 bits per heavy atom. The van der Waals surface area contributed by atoms with Gasteiger partial charge < -0.3 is 4.90 Å². The molecule has 1 saturated heterocycles. The molecule has 102 valence electrons. The van der Waals surface area contributed by atoms with Gasteiger partial charge in [0.25, 0.3) is 0 Å². The average molecular weight is 265 g/mol. The molecular weight excluding hydrogens is 246 g/mol. The minimum atomic E-state index is 0.193. The highest BCUT2D eigenvalue weighted by Crippen LogP contribution is 2.22. The summed E-state index contributed by atoms with van der Waals surface area (Å²) in [6, 6.07) is 18.9. The van der Waals surface area contributed by atoms with Crippen LogP contribution in [0.1, 0.15) is 18.9 Å². The lowest BCUT2D eigenvalue weighted by molar-refractivity contribution is -0.131. The highest BCUT2D eigenvalue weighted by atomic mass is 16.2. The lowest BCUT2D eigenvalue weighted by atomic mass is 10.0. The van der Waals surface area contributed by atoms with Crippen molar-refractivity contribution in [1.29, 1.82) is 0 Å². The molecule has 1 aliphatic heterocycles. The first-order valence-electron chi connectivity index (χ1n) is 7.17. The van der Waals surface area contributed by atoms with Gasteiger partial charge in [-0.15, -0.1) is 0 Å². The van der Waals surface area contributed by atoms with Crippen molar-refractivity contribution in [2.24, 2.45) is 5.92 Å². The van der Waals surface area contributed by atoms with E-state index in [9.17, 15) is 4.79 Å². The molecule has 0 N–H and O–H groups in total. The Morgan fingerprint density at radius 2 is 1.65 bits per heavy atom. The first-order valence-corrected chi connectivity index (χ1v) is 7.17. The number of carbonyl (C=O) groups is 1. The molecule has 1 heterocycles. The van der Waals surface area contributed by atoms with Gasteiger partial charge in [0.05, 0.1) is 0 Å². The molecule has 0 bridgehead atoms. The fourth-order valence-electron chi connectivity index (χ4n) is 2.71. The Kier molecular flexibility index (Phi) is 3.55. The van der Waals surface area contributed by atoms with E-state index in [2.05, 4.69) is 36.4 Å². The van der Waals surface area contributed by atoms with Crippen LogP contribution in [0.15, 0.2) is 54.6 Å². The second-order valence-corrected chi connectivity index (χ2v) is 5.51. The van der Waals surface area contributed by atoms with E-state index in [1.807, 2.05) is 30.0 Å². The van der Waals surface area contributed by atoms with E-state index in [0.717, 1.165) is 19.5 Å². The van der Waals surface area contributed by atoms with Gasteiger partial charge in [-0.25, -0.2) is 0 Å². The molecular formula is C18H19NO. The third-order valence-corrected chi connectivity index (χ3v) is 4.00. The molecule has 0 spiro atoms. The van der Waals surface area contributed by atoms with Crippen molar-refractivity contribution >= 4 is 5.91 Å². The molecule has 0 radical (unpaired) electrons. The van der Waals surface area contributed by atoms with Crippen molar-refractivity contribution in [2.45, 2.75) is 19.9 Å². The molecule has 1 atom stereocenters. The van der Waals surface area contributed by atoms with Gasteiger partial charge >= 0.3 is 0 Å². The van der Waals surface area contributed by atoms with Crippen LogP contribution in [0, 0.1) is 5.92 Å². The Morgan fingerprint density at radius 1 is 1.00 bits per heavy atom. The SMILES string of the molecule is CC1CCN(Cc2ccc(-c3ccccc3)cc2)C1=O. The van der Waals surface area contributed by atoms with Crippen molar-refractivity contribution in [3.8, 4) is 11.1 Å². The monoisotopic (exact) mass is 265 g/mol. The predicted octanol–water partition coefficient (Wildman–Crippen LogP) is 3.72. The van der Waals surface area contributed by atoms with Crippen molar-refractivity contribution in [3.63, 3.8) is 0 Å². The van der Waals surface area contributed by atoms with E-state index in [-0.39, 0.29) is 11.8 Å².